The van der Waals surface area contributed by atoms with Gasteiger partial charge in [-0.25, -0.2) is 4.98 Å². The maximum absolute atomic E-state index is 11.5. The molecule has 6 nitrogen and oxygen atoms in total. The van der Waals surface area contributed by atoms with E-state index in [-0.39, 0.29) is 12.4 Å². The Bertz CT molecular complexity index is 463. The lowest BCUT2D eigenvalue weighted by Crippen LogP contribution is -2.26. The number of esters is 1. The second kappa shape index (κ2) is 5.86. The normalized spacial score (nSPS) is 13.1. The molecule has 1 aromatic rings. The summed E-state index contributed by atoms with van der Waals surface area (Å²) in [7, 11) is 0. The molecule has 1 rings (SSSR count). The zero-order valence-electron chi connectivity index (χ0n) is 11.6. The van der Waals surface area contributed by atoms with Crippen molar-refractivity contribution in [2.75, 3.05) is 6.61 Å². The first kappa shape index (κ1) is 15.2. The molecule has 0 saturated heterocycles. The van der Waals surface area contributed by atoms with Gasteiger partial charge in [-0.3, -0.25) is 9.59 Å². The highest BCUT2D eigenvalue weighted by molar-refractivity contribution is 5.77. The Balaban J connectivity index is 2.77. The van der Waals surface area contributed by atoms with E-state index in [1.807, 2.05) is 0 Å². The first-order valence-electron chi connectivity index (χ1n) is 6.12. The largest absolute Gasteiger partial charge is 0.481 e. The van der Waals surface area contributed by atoms with Gasteiger partial charge in [-0.15, -0.1) is 0 Å². The van der Waals surface area contributed by atoms with Crippen molar-refractivity contribution < 1.29 is 23.8 Å². The van der Waals surface area contributed by atoms with E-state index < -0.39 is 17.3 Å². The molecule has 0 aliphatic rings. The molecule has 6 heteroatoms. The summed E-state index contributed by atoms with van der Waals surface area (Å²) in [5.41, 5.74) is -0.510. The average Bonchev–Trinajstić information content (AvgIpc) is 2.75. The van der Waals surface area contributed by atoms with Crippen molar-refractivity contribution in [2.45, 2.75) is 40.0 Å². The van der Waals surface area contributed by atoms with Crippen molar-refractivity contribution in [3.05, 3.63) is 17.8 Å². The fraction of sp³-hybridized carbons (Fsp3) is 0.615. The minimum Gasteiger partial charge on any atom is -0.481 e. The van der Waals surface area contributed by atoms with Gasteiger partial charge >= 0.3 is 11.9 Å². The molecule has 1 unspecified atom stereocenters. The molecular weight excluding hydrogens is 250 g/mol. The summed E-state index contributed by atoms with van der Waals surface area (Å²) in [5, 5.41) is 9.03. The Morgan fingerprint density at radius 1 is 1.53 bits per heavy atom. The van der Waals surface area contributed by atoms with E-state index in [2.05, 4.69) is 4.98 Å². The van der Waals surface area contributed by atoms with Gasteiger partial charge in [0.25, 0.3) is 0 Å². The predicted octanol–water partition coefficient (Wildman–Crippen LogP) is 1.99. The lowest BCUT2D eigenvalue weighted by Gasteiger charge is -2.16. The number of hydrogen-bond donors (Lipinski definition) is 1. The van der Waals surface area contributed by atoms with Crippen LogP contribution in [-0.4, -0.2) is 28.6 Å². The first-order chi connectivity index (χ1) is 8.77. The van der Waals surface area contributed by atoms with Crippen LogP contribution in [0.15, 0.2) is 10.7 Å². The maximum atomic E-state index is 11.5. The molecule has 0 radical (unpaired) electrons. The number of aromatic nitrogens is 1. The van der Waals surface area contributed by atoms with Gasteiger partial charge in [0.15, 0.2) is 5.89 Å². The van der Waals surface area contributed by atoms with Crippen LogP contribution >= 0.6 is 0 Å². The van der Waals surface area contributed by atoms with Crippen molar-refractivity contribution in [1.29, 1.82) is 0 Å². The summed E-state index contributed by atoms with van der Waals surface area (Å²) in [6.07, 6.45) is 1.53. The molecule has 0 amide bonds. The number of carboxylic acids is 1. The molecule has 0 fully saturated rings. The van der Waals surface area contributed by atoms with Gasteiger partial charge < -0.3 is 14.3 Å². The van der Waals surface area contributed by atoms with Crippen LogP contribution < -0.4 is 0 Å². The fourth-order valence-electron chi connectivity index (χ4n) is 1.45. The molecule has 0 aromatic carbocycles. The van der Waals surface area contributed by atoms with Gasteiger partial charge in [-0.1, -0.05) is 0 Å². The van der Waals surface area contributed by atoms with Gasteiger partial charge in [0.1, 0.15) is 6.26 Å². The Hall–Kier alpha value is -1.85. The van der Waals surface area contributed by atoms with E-state index in [0.717, 1.165) is 0 Å². The monoisotopic (exact) mass is 269 g/mol. The third-order valence-corrected chi connectivity index (χ3v) is 2.83. The SMILES string of the molecule is CCOC(=O)C(C)c1coc(CC(C)(C)C(=O)O)n1. The Labute approximate surface area is 111 Å². The topological polar surface area (TPSA) is 89.6 Å². The highest BCUT2D eigenvalue weighted by Crippen LogP contribution is 2.23. The molecule has 19 heavy (non-hydrogen) atoms. The van der Waals surface area contributed by atoms with Crippen LogP contribution in [0.2, 0.25) is 0 Å². The lowest BCUT2D eigenvalue weighted by atomic mass is 9.90. The van der Waals surface area contributed by atoms with E-state index in [1.165, 1.54) is 6.26 Å². The minimum absolute atomic E-state index is 0.165. The molecular formula is C13H19NO5. The number of carbonyl (C=O) groups excluding carboxylic acids is 1. The van der Waals surface area contributed by atoms with Crippen molar-refractivity contribution in [3.63, 3.8) is 0 Å². The molecule has 0 aliphatic heterocycles. The number of aliphatic carboxylic acids is 1. The van der Waals surface area contributed by atoms with Crippen LogP contribution in [0.4, 0.5) is 0 Å². The van der Waals surface area contributed by atoms with Crippen LogP contribution in [-0.2, 0) is 20.7 Å². The number of rotatable bonds is 6. The fourth-order valence-corrected chi connectivity index (χ4v) is 1.45. The summed E-state index contributed by atoms with van der Waals surface area (Å²) in [5.74, 6) is -1.52. The molecule has 1 heterocycles. The van der Waals surface area contributed by atoms with Crippen LogP contribution in [0.5, 0.6) is 0 Å². The van der Waals surface area contributed by atoms with Crippen LogP contribution in [0.3, 0.4) is 0 Å². The smallest absolute Gasteiger partial charge is 0.314 e. The van der Waals surface area contributed by atoms with Gasteiger partial charge in [-0.05, 0) is 27.7 Å². The maximum Gasteiger partial charge on any atom is 0.314 e. The zero-order valence-corrected chi connectivity index (χ0v) is 11.6. The highest BCUT2D eigenvalue weighted by atomic mass is 16.5. The van der Waals surface area contributed by atoms with Crippen LogP contribution in [0, 0.1) is 5.41 Å². The van der Waals surface area contributed by atoms with Crippen molar-refractivity contribution in [2.24, 2.45) is 5.41 Å². The second-order valence-electron chi connectivity index (χ2n) is 5.01. The Kier molecular flexibility index (Phi) is 4.69. The summed E-state index contributed by atoms with van der Waals surface area (Å²) < 4.78 is 10.1. The second-order valence-corrected chi connectivity index (χ2v) is 5.01. The standard InChI is InChI=1S/C13H19NO5/c1-5-18-11(15)8(2)9-7-19-10(14-9)6-13(3,4)12(16)17/h7-8H,5-6H2,1-4H3,(H,16,17). The molecule has 0 spiro atoms. The van der Waals surface area contributed by atoms with E-state index in [0.29, 0.717) is 18.2 Å². The average molecular weight is 269 g/mol. The Morgan fingerprint density at radius 2 is 2.16 bits per heavy atom. The number of ether oxygens (including phenoxy) is 1. The molecule has 0 saturated carbocycles. The third kappa shape index (κ3) is 3.81. The number of carboxylic acid groups (broad SMARTS) is 1. The summed E-state index contributed by atoms with van der Waals surface area (Å²) in [4.78, 5) is 26.7. The Morgan fingerprint density at radius 3 is 2.68 bits per heavy atom. The van der Waals surface area contributed by atoms with Gasteiger partial charge in [0.2, 0.25) is 0 Å². The van der Waals surface area contributed by atoms with Crippen LogP contribution in [0.25, 0.3) is 0 Å². The van der Waals surface area contributed by atoms with Crippen molar-refractivity contribution >= 4 is 11.9 Å². The van der Waals surface area contributed by atoms with E-state index in [4.69, 9.17) is 14.3 Å². The van der Waals surface area contributed by atoms with Crippen molar-refractivity contribution in [1.82, 2.24) is 4.98 Å². The molecule has 1 aromatic heterocycles. The van der Waals surface area contributed by atoms with Crippen molar-refractivity contribution in [3.8, 4) is 0 Å². The van der Waals surface area contributed by atoms with E-state index >= 15 is 0 Å². The van der Waals surface area contributed by atoms with Gasteiger partial charge in [0, 0.05) is 6.42 Å². The van der Waals surface area contributed by atoms with Gasteiger partial charge in [0.05, 0.1) is 23.6 Å². The molecule has 1 atom stereocenters. The van der Waals surface area contributed by atoms with Crippen LogP contribution in [0.1, 0.15) is 45.2 Å². The molecule has 0 bridgehead atoms. The lowest BCUT2D eigenvalue weighted by molar-refractivity contribution is -0.147. The van der Waals surface area contributed by atoms with E-state index in [1.54, 1.807) is 27.7 Å². The van der Waals surface area contributed by atoms with Gasteiger partial charge in [-0.2, -0.15) is 0 Å². The highest BCUT2D eigenvalue weighted by Gasteiger charge is 2.30. The number of carbonyl (C=O) groups is 2. The zero-order chi connectivity index (χ0) is 14.6. The summed E-state index contributed by atoms with van der Waals surface area (Å²) in [6.45, 7) is 6.89. The number of oxazole rings is 1. The predicted molar refractivity (Wildman–Crippen MR) is 66.7 cm³/mol. The molecule has 0 aliphatic carbocycles. The minimum atomic E-state index is -0.963. The number of nitrogens with zero attached hydrogens (tertiary/aromatic N) is 1. The number of hydrogen-bond acceptors (Lipinski definition) is 5. The van der Waals surface area contributed by atoms with E-state index in [9.17, 15) is 9.59 Å². The summed E-state index contributed by atoms with van der Waals surface area (Å²) in [6, 6.07) is 0. The molecule has 106 valence electrons. The summed E-state index contributed by atoms with van der Waals surface area (Å²) >= 11 is 0. The molecule has 1 N–H and O–H groups in total. The third-order valence-electron chi connectivity index (χ3n) is 2.83. The quantitative estimate of drug-likeness (QED) is 0.794. The first-order valence-corrected chi connectivity index (χ1v) is 6.12.